The van der Waals surface area contributed by atoms with Crippen molar-refractivity contribution in [1.82, 2.24) is 14.5 Å². The summed E-state index contributed by atoms with van der Waals surface area (Å²) in [6.07, 6.45) is -2.73. The van der Waals surface area contributed by atoms with Gasteiger partial charge in [-0.25, -0.2) is 9.97 Å². The van der Waals surface area contributed by atoms with Gasteiger partial charge < -0.3 is 4.57 Å². The highest BCUT2D eigenvalue weighted by Gasteiger charge is 2.33. The van der Waals surface area contributed by atoms with Crippen LogP contribution in [-0.4, -0.2) is 14.5 Å². The van der Waals surface area contributed by atoms with Gasteiger partial charge in [0, 0.05) is 11.4 Å². The van der Waals surface area contributed by atoms with Crippen molar-refractivity contribution in [3.8, 4) is 0 Å². The van der Waals surface area contributed by atoms with Gasteiger partial charge in [-0.15, -0.1) is 0 Å². The first-order valence-corrected chi connectivity index (χ1v) is 9.63. The molecule has 0 radical (unpaired) electrons. The van der Waals surface area contributed by atoms with Crippen LogP contribution in [0.1, 0.15) is 55.4 Å². The number of alkyl halides is 3. The maximum absolute atomic E-state index is 13.3. The van der Waals surface area contributed by atoms with Crippen molar-refractivity contribution < 1.29 is 13.2 Å². The number of halogens is 4. The smallest absolute Gasteiger partial charge is 0.326 e. The third-order valence-electron chi connectivity index (χ3n) is 4.93. The lowest BCUT2D eigenvalue weighted by Crippen LogP contribution is -2.20. The lowest BCUT2D eigenvalue weighted by atomic mass is 9.97. The number of aryl methyl sites for hydroxylation is 1. The Hall–Kier alpha value is -2.41. The minimum absolute atomic E-state index is 0.144. The standard InChI is InChI=1S/C21H22ClF3N4/c1-11(2)29-14(5)28-20(16-9-19(22)26-10-18(16)29)27-13(4)15-7-6-8-17(12(15)3)21(23,24)25/h6-11,13H,1-5H3/b27-20-/t13-/m1/s1. The first-order valence-electron chi connectivity index (χ1n) is 9.25. The predicted molar refractivity (Wildman–Crippen MR) is 108 cm³/mol. The molecule has 0 bridgehead atoms. The van der Waals surface area contributed by atoms with Crippen molar-refractivity contribution in [2.24, 2.45) is 4.99 Å². The number of hydrogen-bond donors (Lipinski definition) is 0. The molecule has 1 atom stereocenters. The minimum Gasteiger partial charge on any atom is -0.326 e. The summed E-state index contributed by atoms with van der Waals surface area (Å²) in [7, 11) is 0. The fourth-order valence-electron chi connectivity index (χ4n) is 3.65. The molecule has 0 fully saturated rings. The summed E-state index contributed by atoms with van der Waals surface area (Å²) in [5, 5.41) is 1.01. The largest absolute Gasteiger partial charge is 0.416 e. The second kappa shape index (κ2) is 7.78. The van der Waals surface area contributed by atoms with Gasteiger partial charge in [0.1, 0.15) is 11.0 Å². The van der Waals surface area contributed by atoms with Crippen LogP contribution in [0.25, 0.3) is 10.9 Å². The number of fused-ring (bicyclic) bond motifs is 1. The van der Waals surface area contributed by atoms with Gasteiger partial charge >= 0.3 is 6.18 Å². The van der Waals surface area contributed by atoms with E-state index in [0.29, 0.717) is 21.6 Å². The van der Waals surface area contributed by atoms with Crippen molar-refractivity contribution >= 4 is 22.5 Å². The minimum atomic E-state index is -4.41. The van der Waals surface area contributed by atoms with Crippen LogP contribution in [0.15, 0.2) is 35.5 Å². The van der Waals surface area contributed by atoms with Crippen LogP contribution in [0.2, 0.25) is 5.15 Å². The lowest BCUT2D eigenvalue weighted by molar-refractivity contribution is -0.138. The summed E-state index contributed by atoms with van der Waals surface area (Å²) in [5.74, 6) is 0.739. The molecule has 0 amide bonds. The Kier molecular flexibility index (Phi) is 5.72. The summed E-state index contributed by atoms with van der Waals surface area (Å²) >= 11 is 6.10. The molecule has 0 spiro atoms. The molecule has 1 aromatic carbocycles. The molecule has 0 aliphatic heterocycles. The van der Waals surface area contributed by atoms with Crippen LogP contribution in [0.5, 0.6) is 0 Å². The third-order valence-corrected chi connectivity index (χ3v) is 5.14. The molecule has 0 saturated heterocycles. The highest BCUT2D eigenvalue weighted by atomic mass is 35.5. The van der Waals surface area contributed by atoms with Crippen LogP contribution in [0, 0.1) is 13.8 Å². The van der Waals surface area contributed by atoms with Gasteiger partial charge in [-0.1, -0.05) is 23.7 Å². The van der Waals surface area contributed by atoms with Gasteiger partial charge in [-0.05, 0) is 57.9 Å². The lowest BCUT2D eigenvalue weighted by Gasteiger charge is -2.19. The van der Waals surface area contributed by atoms with Crippen LogP contribution in [-0.2, 0) is 6.18 Å². The number of aromatic nitrogens is 3. The Morgan fingerprint density at radius 3 is 2.45 bits per heavy atom. The molecule has 29 heavy (non-hydrogen) atoms. The molecule has 154 valence electrons. The van der Waals surface area contributed by atoms with Gasteiger partial charge in [0.15, 0.2) is 5.49 Å². The second-order valence-corrected chi connectivity index (χ2v) is 7.68. The van der Waals surface area contributed by atoms with Crippen molar-refractivity contribution in [3.05, 3.63) is 63.6 Å². The molecule has 0 aliphatic carbocycles. The second-order valence-electron chi connectivity index (χ2n) is 7.29. The van der Waals surface area contributed by atoms with Crippen molar-refractivity contribution in [1.29, 1.82) is 0 Å². The number of benzene rings is 1. The number of nitrogens with zero attached hydrogens (tertiary/aromatic N) is 4. The van der Waals surface area contributed by atoms with E-state index in [1.54, 1.807) is 25.3 Å². The zero-order valence-corrected chi connectivity index (χ0v) is 17.6. The SMILES string of the molecule is Cc1c([C@@H](C)/N=c2\nc(C)n(C(C)C)c3cnc(Cl)cc23)cccc1C(F)(F)F. The summed E-state index contributed by atoms with van der Waals surface area (Å²) in [6, 6.07) is 5.47. The van der Waals surface area contributed by atoms with E-state index in [9.17, 15) is 13.2 Å². The summed E-state index contributed by atoms with van der Waals surface area (Å²) in [5.41, 5.74) is 1.29. The Morgan fingerprint density at radius 2 is 1.83 bits per heavy atom. The first-order chi connectivity index (χ1) is 13.5. The van der Waals surface area contributed by atoms with E-state index in [0.717, 1.165) is 17.4 Å². The maximum Gasteiger partial charge on any atom is 0.416 e. The van der Waals surface area contributed by atoms with E-state index in [4.69, 9.17) is 11.6 Å². The zero-order valence-electron chi connectivity index (χ0n) is 16.8. The quantitative estimate of drug-likeness (QED) is 0.488. The van der Waals surface area contributed by atoms with Gasteiger partial charge in [-0.2, -0.15) is 13.2 Å². The molecule has 3 rings (SSSR count). The number of pyridine rings is 1. The van der Waals surface area contributed by atoms with Crippen molar-refractivity contribution in [3.63, 3.8) is 0 Å². The molecular weight excluding hydrogens is 401 g/mol. The predicted octanol–water partition coefficient (Wildman–Crippen LogP) is 5.96. The van der Waals surface area contributed by atoms with Gasteiger partial charge in [0.2, 0.25) is 0 Å². The fourth-order valence-corrected chi connectivity index (χ4v) is 3.81. The van der Waals surface area contributed by atoms with Gasteiger partial charge in [0.25, 0.3) is 0 Å². The van der Waals surface area contributed by atoms with E-state index in [1.165, 1.54) is 13.0 Å². The van der Waals surface area contributed by atoms with E-state index < -0.39 is 17.8 Å². The van der Waals surface area contributed by atoms with Gasteiger partial charge in [0.05, 0.1) is 23.3 Å². The van der Waals surface area contributed by atoms with E-state index >= 15 is 0 Å². The highest BCUT2D eigenvalue weighted by Crippen LogP contribution is 2.35. The molecule has 0 unspecified atom stereocenters. The van der Waals surface area contributed by atoms with Crippen molar-refractivity contribution in [2.75, 3.05) is 0 Å². The Bertz CT molecular complexity index is 1130. The normalized spacial score (nSPS) is 14.1. The average Bonchev–Trinajstić information content (AvgIpc) is 2.61. The average molecular weight is 423 g/mol. The van der Waals surface area contributed by atoms with Crippen LogP contribution < -0.4 is 5.49 Å². The topological polar surface area (TPSA) is 43.1 Å². The van der Waals surface area contributed by atoms with Gasteiger partial charge in [-0.3, -0.25) is 4.99 Å². The molecule has 2 heterocycles. The monoisotopic (exact) mass is 422 g/mol. The Labute approximate surface area is 172 Å². The molecule has 0 N–H and O–H groups in total. The van der Waals surface area contributed by atoms with E-state index in [-0.39, 0.29) is 11.6 Å². The van der Waals surface area contributed by atoms with Crippen LogP contribution in [0.4, 0.5) is 13.2 Å². The molecule has 3 aromatic rings. The number of hydrogen-bond acceptors (Lipinski definition) is 3. The van der Waals surface area contributed by atoms with E-state index in [1.807, 2.05) is 25.3 Å². The van der Waals surface area contributed by atoms with Crippen molar-refractivity contribution in [2.45, 2.75) is 52.9 Å². The zero-order chi connectivity index (χ0) is 21.5. The molecule has 8 heteroatoms. The Morgan fingerprint density at radius 1 is 1.14 bits per heavy atom. The summed E-state index contributed by atoms with van der Waals surface area (Å²) in [6.45, 7) is 9.17. The molecule has 0 aliphatic rings. The van der Waals surface area contributed by atoms with Crippen LogP contribution >= 0.6 is 11.6 Å². The molecule has 4 nitrogen and oxygen atoms in total. The maximum atomic E-state index is 13.3. The molecule has 0 saturated carbocycles. The molecule has 2 aromatic heterocycles. The third kappa shape index (κ3) is 4.15. The number of rotatable bonds is 3. The van der Waals surface area contributed by atoms with E-state index in [2.05, 4.69) is 15.0 Å². The van der Waals surface area contributed by atoms with Crippen LogP contribution in [0.3, 0.4) is 0 Å². The molecular formula is C21H22ClF3N4. The Balaban J connectivity index is 2.24. The highest BCUT2D eigenvalue weighted by molar-refractivity contribution is 6.30. The summed E-state index contributed by atoms with van der Waals surface area (Å²) in [4.78, 5) is 13.5. The fraction of sp³-hybridized carbons (Fsp3) is 0.381. The first kappa shape index (κ1) is 21.3. The summed E-state index contributed by atoms with van der Waals surface area (Å²) < 4.78 is 41.9.